The molecule has 2 saturated heterocycles. The lowest BCUT2D eigenvalue weighted by atomic mass is 9.74. The first kappa shape index (κ1) is 21.6. The second-order valence-electron chi connectivity index (χ2n) is 6.62. The van der Waals surface area contributed by atoms with E-state index in [4.69, 9.17) is 33.9 Å². The number of carbonyl (C=O) groups excluding carboxylic acids is 4. The molecular weight excluding hydrogens is 432 g/mol. The molecule has 3 rings (SSSR count). The summed E-state index contributed by atoms with van der Waals surface area (Å²) in [6.45, 7) is 0. The van der Waals surface area contributed by atoms with E-state index < -0.39 is 41.4 Å². The Hall–Kier alpha value is -3.12. The molecule has 1 aromatic carbocycles. The molecule has 12 heteroatoms. The lowest BCUT2D eigenvalue weighted by Gasteiger charge is -2.35. The minimum Gasteiger partial charge on any atom is -0.497 e. The fourth-order valence-electron chi connectivity index (χ4n) is 3.54. The Kier molecular flexibility index (Phi) is 6.27. The molecule has 30 heavy (non-hydrogen) atoms. The number of nitrogens with one attached hydrogen (secondary N) is 4. The van der Waals surface area contributed by atoms with Gasteiger partial charge >= 0.3 is 0 Å². The number of ether oxygens (including phenoxy) is 2. The Morgan fingerprint density at radius 3 is 1.70 bits per heavy atom. The van der Waals surface area contributed by atoms with Crippen LogP contribution >= 0.6 is 24.4 Å². The van der Waals surface area contributed by atoms with Crippen molar-refractivity contribution in [3.05, 3.63) is 23.8 Å². The van der Waals surface area contributed by atoms with Gasteiger partial charge < -0.3 is 30.7 Å². The highest BCUT2D eigenvalue weighted by Gasteiger charge is 2.49. The molecule has 0 saturated carbocycles. The van der Waals surface area contributed by atoms with E-state index in [2.05, 4.69) is 21.3 Å². The first-order valence-corrected chi connectivity index (χ1v) is 9.59. The number of thiocarbonyl (C=S) groups is 2. The van der Waals surface area contributed by atoms with Gasteiger partial charge in [-0.2, -0.15) is 0 Å². The Morgan fingerprint density at radius 2 is 1.30 bits per heavy atom. The minimum absolute atomic E-state index is 0.00368. The van der Waals surface area contributed by atoms with Crippen LogP contribution in [-0.4, -0.2) is 48.1 Å². The van der Waals surface area contributed by atoms with E-state index in [-0.39, 0.29) is 16.6 Å². The van der Waals surface area contributed by atoms with E-state index in [9.17, 15) is 19.2 Å². The van der Waals surface area contributed by atoms with Gasteiger partial charge in [0.1, 0.15) is 23.3 Å². The van der Waals surface area contributed by atoms with Gasteiger partial charge in [0.2, 0.25) is 23.6 Å². The highest BCUT2D eigenvalue weighted by Crippen LogP contribution is 2.34. The lowest BCUT2D eigenvalue weighted by molar-refractivity contribution is -0.143. The van der Waals surface area contributed by atoms with Crippen molar-refractivity contribution in [2.24, 2.45) is 17.8 Å². The first-order chi connectivity index (χ1) is 14.2. The van der Waals surface area contributed by atoms with E-state index in [0.717, 1.165) is 0 Å². The second kappa shape index (κ2) is 8.71. The van der Waals surface area contributed by atoms with Crippen molar-refractivity contribution < 1.29 is 28.7 Å². The summed E-state index contributed by atoms with van der Waals surface area (Å²) in [6, 6.07) is 4.97. The van der Waals surface area contributed by atoms with Crippen LogP contribution in [0.2, 0.25) is 0 Å². The molecule has 158 valence electrons. The molecule has 2 fully saturated rings. The third-order valence-electron chi connectivity index (χ3n) is 4.88. The smallest absolute Gasteiger partial charge is 0.239 e. The van der Waals surface area contributed by atoms with Crippen LogP contribution in [0.15, 0.2) is 18.2 Å². The van der Waals surface area contributed by atoms with Crippen LogP contribution in [0.4, 0.5) is 0 Å². The van der Waals surface area contributed by atoms with Gasteiger partial charge in [-0.3, -0.25) is 19.2 Å². The molecule has 2 aliphatic heterocycles. The van der Waals surface area contributed by atoms with Crippen LogP contribution in [0, 0.1) is 17.8 Å². The van der Waals surface area contributed by atoms with Crippen molar-refractivity contribution in [1.82, 2.24) is 21.3 Å². The van der Waals surface area contributed by atoms with Gasteiger partial charge in [0.15, 0.2) is 10.2 Å². The van der Waals surface area contributed by atoms with E-state index >= 15 is 0 Å². The van der Waals surface area contributed by atoms with Gasteiger partial charge in [0.25, 0.3) is 0 Å². The summed E-state index contributed by atoms with van der Waals surface area (Å²) in [4.78, 5) is 50.5. The van der Waals surface area contributed by atoms with Crippen LogP contribution in [0.1, 0.15) is 5.56 Å². The quantitative estimate of drug-likeness (QED) is 0.325. The Morgan fingerprint density at radius 1 is 0.833 bits per heavy atom. The molecule has 1 aromatic rings. The van der Waals surface area contributed by atoms with Crippen molar-refractivity contribution in [2.75, 3.05) is 14.2 Å². The van der Waals surface area contributed by atoms with E-state index in [1.54, 1.807) is 18.2 Å². The van der Waals surface area contributed by atoms with Crippen LogP contribution < -0.4 is 30.7 Å². The molecule has 2 aliphatic rings. The summed E-state index contributed by atoms with van der Waals surface area (Å²) >= 11 is 9.68. The normalized spacial score (nSPS) is 18.0. The Labute approximate surface area is 182 Å². The minimum atomic E-state index is -1.35. The van der Waals surface area contributed by atoms with Crippen molar-refractivity contribution >= 4 is 58.3 Å². The van der Waals surface area contributed by atoms with Crippen LogP contribution in [-0.2, 0) is 25.6 Å². The van der Waals surface area contributed by atoms with Crippen LogP contribution in [0.5, 0.6) is 11.5 Å². The number of hydrogen-bond donors (Lipinski definition) is 4. The van der Waals surface area contributed by atoms with Gasteiger partial charge in [-0.15, -0.1) is 0 Å². The molecule has 0 bridgehead atoms. The molecule has 0 atom stereocenters. The molecule has 0 aromatic heterocycles. The van der Waals surface area contributed by atoms with Crippen LogP contribution in [0.25, 0.3) is 0 Å². The fourth-order valence-corrected chi connectivity index (χ4v) is 3.94. The van der Waals surface area contributed by atoms with Gasteiger partial charge in [-0.05, 0) is 42.5 Å². The number of benzene rings is 1. The summed E-state index contributed by atoms with van der Waals surface area (Å²) in [6.07, 6.45) is 0.00368. The van der Waals surface area contributed by atoms with Gasteiger partial charge in [-0.1, -0.05) is 6.07 Å². The zero-order chi connectivity index (χ0) is 22.0. The molecule has 10 nitrogen and oxygen atoms in total. The maximum Gasteiger partial charge on any atom is 0.239 e. The summed E-state index contributed by atoms with van der Waals surface area (Å²) in [5.41, 5.74) is 0.575. The Balaban J connectivity index is 2.04. The Bertz CT molecular complexity index is 878. The predicted octanol–water partition coefficient (Wildman–Crippen LogP) is -0.843. The SMILES string of the molecule is COc1ccc(CC(C2C(=O)NC(=S)NC2=O)C2C(=O)NC(=S)NC2=O)c(OC)c1. The number of methoxy groups -OCH3 is 2. The topological polar surface area (TPSA) is 135 Å². The molecule has 0 spiro atoms. The number of amides is 4. The first-order valence-electron chi connectivity index (χ1n) is 8.77. The van der Waals surface area contributed by atoms with E-state index in [1.807, 2.05) is 0 Å². The summed E-state index contributed by atoms with van der Waals surface area (Å²) in [5, 5.41) is 9.21. The lowest BCUT2D eigenvalue weighted by Crippen LogP contribution is -2.63. The number of hydrogen-bond acceptors (Lipinski definition) is 8. The second-order valence-corrected chi connectivity index (χ2v) is 7.43. The zero-order valence-corrected chi connectivity index (χ0v) is 17.6. The third-order valence-corrected chi connectivity index (χ3v) is 5.29. The maximum absolute atomic E-state index is 12.6. The molecular formula is C18H18N4O6S2. The summed E-state index contributed by atoms with van der Waals surface area (Å²) in [7, 11) is 2.95. The average molecular weight is 450 g/mol. The summed E-state index contributed by atoms with van der Waals surface area (Å²) < 4.78 is 10.6. The molecule has 4 amide bonds. The van der Waals surface area contributed by atoms with Crippen LogP contribution in [0.3, 0.4) is 0 Å². The largest absolute Gasteiger partial charge is 0.497 e. The highest BCUT2D eigenvalue weighted by molar-refractivity contribution is 7.80. The van der Waals surface area contributed by atoms with E-state index in [0.29, 0.717) is 17.1 Å². The van der Waals surface area contributed by atoms with Gasteiger partial charge in [0, 0.05) is 12.0 Å². The molecule has 0 radical (unpaired) electrons. The average Bonchev–Trinajstić information content (AvgIpc) is 2.66. The molecule has 0 unspecified atom stereocenters. The molecule has 4 N–H and O–H groups in total. The maximum atomic E-state index is 12.6. The number of rotatable bonds is 6. The standard InChI is InChI=1S/C18H18N4O6S2/c1-27-8-4-3-7(10(6-8)28-2)5-9(11-13(23)19-17(29)20-14(11)24)12-15(25)21-18(30)22-16(12)26/h3-4,6,9,11-12H,5H2,1-2H3,(H2,19,20,23,24,29)(H2,21,22,25,26,30). The van der Waals surface area contributed by atoms with Gasteiger partial charge in [0.05, 0.1) is 14.2 Å². The van der Waals surface area contributed by atoms with Gasteiger partial charge in [-0.25, -0.2) is 0 Å². The highest BCUT2D eigenvalue weighted by atomic mass is 32.1. The molecule has 0 aliphatic carbocycles. The zero-order valence-electron chi connectivity index (χ0n) is 15.9. The third kappa shape index (κ3) is 4.24. The summed E-state index contributed by atoms with van der Waals surface area (Å²) in [5.74, 6) is -5.59. The predicted molar refractivity (Wildman–Crippen MR) is 111 cm³/mol. The van der Waals surface area contributed by atoms with E-state index in [1.165, 1.54) is 14.2 Å². The van der Waals surface area contributed by atoms with Crippen molar-refractivity contribution in [3.63, 3.8) is 0 Å². The van der Waals surface area contributed by atoms with Crippen molar-refractivity contribution in [1.29, 1.82) is 0 Å². The van der Waals surface area contributed by atoms with Crippen molar-refractivity contribution in [3.8, 4) is 11.5 Å². The monoisotopic (exact) mass is 450 g/mol. The fraction of sp³-hybridized carbons (Fsp3) is 0.333. The number of carbonyl (C=O) groups is 4. The molecule has 2 heterocycles. The van der Waals surface area contributed by atoms with Crippen molar-refractivity contribution in [2.45, 2.75) is 6.42 Å².